The fourth-order valence-electron chi connectivity index (χ4n) is 3.02. The van der Waals surface area contributed by atoms with E-state index in [1.807, 2.05) is 0 Å². The van der Waals surface area contributed by atoms with Crippen molar-refractivity contribution in [1.82, 2.24) is 0 Å². The molecule has 0 saturated carbocycles. The molecule has 0 heterocycles. The zero-order valence-electron chi connectivity index (χ0n) is 17.6. The summed E-state index contributed by atoms with van der Waals surface area (Å²) in [6.07, 6.45) is 14.0. The molecule has 8 heteroatoms. The first-order valence-electron chi connectivity index (χ1n) is 10.1. The van der Waals surface area contributed by atoms with Gasteiger partial charge in [0.05, 0.1) is 13.2 Å². The molecule has 27 heavy (non-hydrogen) atoms. The predicted molar refractivity (Wildman–Crippen MR) is 103 cm³/mol. The molecule has 0 spiro atoms. The quantitative estimate of drug-likeness (QED) is 0.159. The van der Waals surface area contributed by atoms with Crippen molar-refractivity contribution in [1.29, 1.82) is 0 Å². The van der Waals surface area contributed by atoms with Crippen LogP contribution in [0.2, 0.25) is 0 Å². The van der Waals surface area contributed by atoms with Crippen molar-refractivity contribution in [2.24, 2.45) is 0 Å². The van der Waals surface area contributed by atoms with Crippen molar-refractivity contribution in [3.8, 4) is 0 Å². The van der Waals surface area contributed by atoms with Crippen LogP contribution in [0.15, 0.2) is 0 Å². The van der Waals surface area contributed by atoms with Gasteiger partial charge >= 0.3 is 45.9 Å². The number of carbonyl (C=O) groups is 1. The van der Waals surface area contributed by atoms with Gasteiger partial charge in [-0.3, -0.25) is 9.35 Å². The van der Waals surface area contributed by atoms with Crippen molar-refractivity contribution in [3.05, 3.63) is 0 Å². The molecule has 0 aliphatic heterocycles. The van der Waals surface area contributed by atoms with E-state index in [0.29, 0.717) is 19.3 Å². The molecule has 0 aliphatic carbocycles. The molecule has 0 aromatic carbocycles. The third-order valence-electron chi connectivity index (χ3n) is 4.52. The minimum absolute atomic E-state index is 0. The van der Waals surface area contributed by atoms with E-state index in [1.165, 1.54) is 39.2 Å². The molecule has 6 nitrogen and oxygen atoms in total. The largest absolute Gasteiger partial charge is 1.00 e. The Bertz CT molecular complexity index is 441. The molecule has 0 aromatic heterocycles. The van der Waals surface area contributed by atoms with Gasteiger partial charge in [0.2, 0.25) is 0 Å². The van der Waals surface area contributed by atoms with Crippen LogP contribution >= 0.6 is 0 Å². The van der Waals surface area contributed by atoms with Crippen LogP contribution in [0.1, 0.15) is 103 Å². The Labute approximate surface area is 188 Å². The molecule has 1 N–H and O–H groups in total. The molecule has 0 aromatic rings. The molecular weight excluding hydrogens is 379 g/mol. The normalized spacial score (nSPS) is 12.4. The van der Waals surface area contributed by atoms with Crippen LogP contribution in [-0.2, 0) is 24.1 Å². The smallest absolute Gasteiger partial charge is 0.469 e. The summed E-state index contributed by atoms with van der Waals surface area (Å²) in [5.41, 5.74) is 0. The Morgan fingerprint density at radius 2 is 1.30 bits per heavy atom. The van der Waals surface area contributed by atoms with Gasteiger partial charge in [-0.2, -0.15) is 8.42 Å². The number of carbonyl (C=O) groups excluding carboxylic acids is 1. The van der Waals surface area contributed by atoms with Crippen LogP contribution in [-0.4, -0.2) is 32.2 Å². The molecule has 0 saturated heterocycles. The Kier molecular flexibility index (Phi) is 21.5. The Hall–Kier alpha value is 0.340. The molecule has 0 amide bonds. The van der Waals surface area contributed by atoms with Crippen LogP contribution in [0.4, 0.5) is 0 Å². The van der Waals surface area contributed by atoms with Gasteiger partial charge in [-0.1, -0.05) is 77.6 Å². The number of rotatable bonds is 18. The fraction of sp³-hybridized carbons (Fsp3) is 0.947. The van der Waals surface area contributed by atoms with Gasteiger partial charge in [0, 0.05) is 6.42 Å². The summed E-state index contributed by atoms with van der Waals surface area (Å²) in [6, 6.07) is 0. The van der Waals surface area contributed by atoms with Crippen LogP contribution < -0.4 is 29.6 Å². The van der Waals surface area contributed by atoms with Crippen molar-refractivity contribution in [2.75, 3.05) is 7.11 Å². The third kappa shape index (κ3) is 22.5. The van der Waals surface area contributed by atoms with E-state index < -0.39 is 16.5 Å². The van der Waals surface area contributed by atoms with Crippen LogP contribution in [0.3, 0.4) is 0 Å². The van der Waals surface area contributed by atoms with Crippen molar-refractivity contribution < 1.29 is 56.2 Å². The van der Waals surface area contributed by atoms with Gasteiger partial charge in [0.1, 0.15) is 0 Å². The molecule has 0 rings (SSSR count). The van der Waals surface area contributed by atoms with Gasteiger partial charge in [-0.15, -0.1) is 0 Å². The van der Waals surface area contributed by atoms with E-state index in [1.54, 1.807) is 0 Å². The topological polar surface area (TPSA) is 89.9 Å². The molecule has 1 unspecified atom stereocenters. The van der Waals surface area contributed by atoms with Crippen LogP contribution in [0.25, 0.3) is 0 Å². The van der Waals surface area contributed by atoms with E-state index in [0.717, 1.165) is 44.9 Å². The minimum atomic E-state index is -4.39. The molecule has 0 fully saturated rings. The van der Waals surface area contributed by atoms with E-state index in [4.69, 9.17) is 8.74 Å². The molecule has 156 valence electrons. The second kappa shape index (κ2) is 19.6. The SMILES string of the molecule is CCCCCCCCCC(CCCCCCCC(=O)OC)OS(=O)(=O)O.[Na+]. The number of hydrogen-bond donors (Lipinski definition) is 1. The average Bonchev–Trinajstić information content (AvgIpc) is 2.58. The Morgan fingerprint density at radius 1 is 0.852 bits per heavy atom. The van der Waals surface area contributed by atoms with Gasteiger partial charge < -0.3 is 4.74 Å². The summed E-state index contributed by atoms with van der Waals surface area (Å²) in [5, 5.41) is 0. The van der Waals surface area contributed by atoms with Gasteiger partial charge in [-0.05, 0) is 19.3 Å². The summed E-state index contributed by atoms with van der Waals surface area (Å²) < 4.78 is 40.4. The Balaban J connectivity index is 0. The van der Waals surface area contributed by atoms with E-state index in [-0.39, 0.29) is 35.5 Å². The summed E-state index contributed by atoms with van der Waals surface area (Å²) in [6.45, 7) is 2.19. The first kappa shape index (κ1) is 29.5. The van der Waals surface area contributed by atoms with E-state index >= 15 is 0 Å². The third-order valence-corrected chi connectivity index (χ3v) is 5.04. The summed E-state index contributed by atoms with van der Waals surface area (Å²) >= 11 is 0. The zero-order valence-corrected chi connectivity index (χ0v) is 20.4. The van der Waals surface area contributed by atoms with Gasteiger partial charge in [0.25, 0.3) is 0 Å². The molecule has 1 atom stereocenters. The van der Waals surface area contributed by atoms with Crippen molar-refractivity contribution in [2.45, 2.75) is 109 Å². The maximum absolute atomic E-state index is 11.0. The zero-order chi connectivity index (χ0) is 19.7. The minimum Gasteiger partial charge on any atom is -0.469 e. The molecule has 0 bridgehead atoms. The first-order valence-corrected chi connectivity index (χ1v) is 11.5. The van der Waals surface area contributed by atoms with Crippen LogP contribution in [0, 0.1) is 0 Å². The average molecular weight is 418 g/mol. The molecule has 0 radical (unpaired) electrons. The number of esters is 1. The first-order chi connectivity index (χ1) is 12.4. The Morgan fingerprint density at radius 3 is 1.74 bits per heavy atom. The fourth-order valence-corrected chi connectivity index (χ4v) is 3.55. The number of hydrogen-bond acceptors (Lipinski definition) is 5. The number of unbranched alkanes of at least 4 members (excludes halogenated alkanes) is 10. The molecular formula is C19H38NaO6S+. The summed E-state index contributed by atoms with van der Waals surface area (Å²) in [4.78, 5) is 11.0. The summed E-state index contributed by atoms with van der Waals surface area (Å²) in [5.74, 6) is -0.179. The van der Waals surface area contributed by atoms with Crippen molar-refractivity contribution >= 4 is 16.4 Å². The van der Waals surface area contributed by atoms with Crippen LogP contribution in [0.5, 0.6) is 0 Å². The van der Waals surface area contributed by atoms with Gasteiger partial charge in [-0.25, -0.2) is 4.18 Å². The summed E-state index contributed by atoms with van der Waals surface area (Å²) in [7, 11) is -3.00. The number of methoxy groups -OCH3 is 1. The monoisotopic (exact) mass is 417 g/mol. The maximum atomic E-state index is 11.0. The molecule has 0 aliphatic rings. The van der Waals surface area contributed by atoms with E-state index in [2.05, 4.69) is 11.7 Å². The van der Waals surface area contributed by atoms with Gasteiger partial charge in [0.15, 0.2) is 0 Å². The van der Waals surface area contributed by atoms with E-state index in [9.17, 15) is 13.2 Å². The second-order valence-corrected chi connectivity index (χ2v) is 7.99. The standard InChI is InChI=1S/C19H38O6S.Na/c1-3-4-5-6-7-9-12-15-18(25-26(21,22)23)16-13-10-8-11-14-17-19(20)24-2;/h18H,3-17H2,1-2H3,(H,21,22,23);/q;+1. The van der Waals surface area contributed by atoms with Crippen molar-refractivity contribution in [3.63, 3.8) is 0 Å². The maximum Gasteiger partial charge on any atom is 1.00 e. The second-order valence-electron chi connectivity index (χ2n) is 6.94. The number of ether oxygens (including phenoxy) is 1. The predicted octanol–water partition coefficient (Wildman–Crippen LogP) is 2.22.